The van der Waals surface area contributed by atoms with Gasteiger partial charge >= 0.3 is 0 Å². The molecular weight excluding hydrogens is 228 g/mol. The molecule has 0 saturated heterocycles. The first-order valence-corrected chi connectivity index (χ1v) is 6.80. The molecule has 0 aliphatic rings. The highest BCUT2D eigenvalue weighted by Gasteiger charge is 2.22. The molecule has 0 aliphatic carbocycles. The van der Waals surface area contributed by atoms with Gasteiger partial charge in [0.15, 0.2) is 0 Å². The number of hydrogen-bond donors (Lipinski definition) is 3. The van der Waals surface area contributed by atoms with E-state index < -0.39 is 5.60 Å². The molecule has 0 saturated carbocycles. The van der Waals surface area contributed by atoms with Crippen LogP contribution in [0, 0.1) is 5.41 Å². The van der Waals surface area contributed by atoms with Gasteiger partial charge in [0.05, 0.1) is 5.60 Å². The average molecular weight is 258 g/mol. The van der Waals surface area contributed by atoms with Gasteiger partial charge in [0, 0.05) is 19.0 Å². The molecule has 0 radical (unpaired) electrons. The molecule has 0 aromatic heterocycles. The highest BCUT2D eigenvalue weighted by molar-refractivity contribution is 5.76. The Labute approximate surface area is 111 Å². The fourth-order valence-electron chi connectivity index (χ4n) is 2.09. The fourth-order valence-corrected chi connectivity index (χ4v) is 2.09. The fraction of sp³-hybridized carbons (Fsp3) is 0.929. The van der Waals surface area contributed by atoms with Crippen LogP contribution < -0.4 is 11.1 Å². The molecule has 4 heteroatoms. The molecule has 0 aromatic carbocycles. The van der Waals surface area contributed by atoms with Crippen LogP contribution in [-0.4, -0.2) is 29.2 Å². The normalized spacial score (nSPS) is 17.1. The van der Waals surface area contributed by atoms with Gasteiger partial charge in [0.2, 0.25) is 5.91 Å². The van der Waals surface area contributed by atoms with Gasteiger partial charge in [-0.05, 0) is 25.2 Å². The number of amides is 1. The maximum absolute atomic E-state index is 11.7. The van der Waals surface area contributed by atoms with Crippen LogP contribution in [0.5, 0.6) is 0 Å². The Morgan fingerprint density at radius 1 is 1.33 bits per heavy atom. The van der Waals surface area contributed by atoms with Crippen molar-refractivity contribution in [2.45, 2.75) is 71.9 Å². The van der Waals surface area contributed by atoms with E-state index in [4.69, 9.17) is 5.73 Å². The van der Waals surface area contributed by atoms with Crippen molar-refractivity contribution in [2.24, 2.45) is 11.1 Å². The van der Waals surface area contributed by atoms with Crippen LogP contribution >= 0.6 is 0 Å². The van der Waals surface area contributed by atoms with Crippen LogP contribution in [0.25, 0.3) is 0 Å². The lowest BCUT2D eigenvalue weighted by atomic mass is 9.87. The number of hydrogen-bond acceptors (Lipinski definition) is 3. The Kier molecular flexibility index (Phi) is 6.86. The van der Waals surface area contributed by atoms with Gasteiger partial charge in [0.25, 0.3) is 0 Å². The van der Waals surface area contributed by atoms with Gasteiger partial charge < -0.3 is 16.2 Å². The Morgan fingerprint density at radius 3 is 2.33 bits per heavy atom. The average Bonchev–Trinajstić information content (AvgIpc) is 2.11. The Morgan fingerprint density at radius 2 is 1.89 bits per heavy atom. The van der Waals surface area contributed by atoms with Crippen LogP contribution in [0.1, 0.15) is 60.3 Å². The monoisotopic (exact) mass is 258 g/mol. The Bertz CT molecular complexity index is 257. The van der Waals surface area contributed by atoms with E-state index in [1.807, 2.05) is 6.92 Å². The summed E-state index contributed by atoms with van der Waals surface area (Å²) in [5.41, 5.74) is 5.25. The molecule has 18 heavy (non-hydrogen) atoms. The van der Waals surface area contributed by atoms with Crippen molar-refractivity contribution in [1.82, 2.24) is 5.32 Å². The van der Waals surface area contributed by atoms with E-state index in [1.54, 1.807) is 6.92 Å². The molecule has 2 atom stereocenters. The smallest absolute Gasteiger partial charge is 0.221 e. The summed E-state index contributed by atoms with van der Waals surface area (Å²) in [6, 6.07) is -0.124. The van der Waals surface area contributed by atoms with Crippen LogP contribution in [0.4, 0.5) is 0 Å². The van der Waals surface area contributed by atoms with E-state index in [-0.39, 0.29) is 17.4 Å². The van der Waals surface area contributed by atoms with Gasteiger partial charge in [-0.25, -0.2) is 0 Å². The largest absolute Gasteiger partial charge is 0.388 e. The van der Waals surface area contributed by atoms with Crippen molar-refractivity contribution >= 4 is 5.91 Å². The lowest BCUT2D eigenvalue weighted by Crippen LogP contribution is -2.42. The maximum atomic E-state index is 11.7. The summed E-state index contributed by atoms with van der Waals surface area (Å²) in [6.07, 6.45) is 2.71. The summed E-state index contributed by atoms with van der Waals surface area (Å²) < 4.78 is 0. The van der Waals surface area contributed by atoms with Gasteiger partial charge in [-0.3, -0.25) is 4.79 Å². The predicted molar refractivity (Wildman–Crippen MR) is 75.2 cm³/mol. The van der Waals surface area contributed by atoms with Gasteiger partial charge in [-0.2, -0.15) is 0 Å². The van der Waals surface area contributed by atoms with Gasteiger partial charge in [0.1, 0.15) is 0 Å². The molecule has 0 bridgehead atoms. The third-order valence-electron chi connectivity index (χ3n) is 2.78. The summed E-state index contributed by atoms with van der Waals surface area (Å²) in [5, 5.41) is 12.7. The van der Waals surface area contributed by atoms with E-state index >= 15 is 0 Å². The minimum Gasteiger partial charge on any atom is -0.388 e. The third-order valence-corrected chi connectivity index (χ3v) is 2.78. The minimum atomic E-state index is -0.821. The third kappa shape index (κ3) is 9.42. The lowest BCUT2D eigenvalue weighted by molar-refractivity contribution is -0.122. The first-order valence-electron chi connectivity index (χ1n) is 6.80. The first-order chi connectivity index (χ1) is 8.06. The van der Waals surface area contributed by atoms with Crippen molar-refractivity contribution in [3.63, 3.8) is 0 Å². The van der Waals surface area contributed by atoms with E-state index in [0.717, 1.165) is 12.8 Å². The number of nitrogens with one attached hydrogen (secondary N) is 1. The lowest BCUT2D eigenvalue weighted by Gasteiger charge is -2.25. The molecule has 0 fully saturated rings. The quantitative estimate of drug-likeness (QED) is 0.652. The molecule has 0 heterocycles. The molecule has 0 rings (SSSR count). The molecule has 0 spiro atoms. The number of carbonyl (C=O) groups excluding carboxylic acids is 1. The number of aliphatic hydroxyl groups is 1. The van der Waals surface area contributed by atoms with Crippen molar-refractivity contribution in [1.29, 1.82) is 0 Å². The summed E-state index contributed by atoms with van der Waals surface area (Å²) in [7, 11) is 0. The summed E-state index contributed by atoms with van der Waals surface area (Å²) in [5.74, 6) is -0.0804. The van der Waals surface area contributed by atoms with Crippen LogP contribution in [0.15, 0.2) is 0 Å². The van der Waals surface area contributed by atoms with E-state index in [2.05, 4.69) is 26.1 Å². The molecule has 2 unspecified atom stereocenters. The summed E-state index contributed by atoms with van der Waals surface area (Å²) in [6.45, 7) is 10.4. The molecule has 4 N–H and O–H groups in total. The van der Waals surface area contributed by atoms with Crippen molar-refractivity contribution in [3.05, 3.63) is 0 Å². The molecule has 4 nitrogen and oxygen atoms in total. The zero-order valence-electron chi connectivity index (χ0n) is 12.5. The first kappa shape index (κ1) is 17.4. The highest BCUT2D eigenvalue weighted by atomic mass is 16.3. The summed E-state index contributed by atoms with van der Waals surface area (Å²) >= 11 is 0. The standard InChI is InChI=1S/C14H30N2O2/c1-6-7-14(5,18)10-16-12(17)8-11(15)9-13(2,3)4/h11,18H,6-10,15H2,1-5H3,(H,16,17). The van der Waals surface area contributed by atoms with Gasteiger partial charge in [-0.15, -0.1) is 0 Å². The van der Waals surface area contributed by atoms with Crippen LogP contribution in [0.2, 0.25) is 0 Å². The highest BCUT2D eigenvalue weighted by Crippen LogP contribution is 2.21. The molecule has 0 aromatic rings. The zero-order chi connectivity index (χ0) is 14.4. The number of nitrogens with two attached hydrogens (primary N) is 1. The predicted octanol–water partition coefficient (Wildman–Crippen LogP) is 1.81. The second-order valence-electron chi connectivity index (χ2n) is 6.75. The van der Waals surface area contributed by atoms with E-state index in [9.17, 15) is 9.90 Å². The molecule has 1 amide bonds. The second-order valence-corrected chi connectivity index (χ2v) is 6.75. The maximum Gasteiger partial charge on any atom is 0.221 e. The minimum absolute atomic E-state index is 0.0804. The Balaban J connectivity index is 3.98. The van der Waals surface area contributed by atoms with E-state index in [0.29, 0.717) is 19.4 Å². The number of carbonyl (C=O) groups is 1. The van der Waals surface area contributed by atoms with Crippen LogP contribution in [-0.2, 0) is 4.79 Å². The molecule has 0 aliphatic heterocycles. The van der Waals surface area contributed by atoms with Crippen molar-refractivity contribution < 1.29 is 9.90 Å². The van der Waals surface area contributed by atoms with Crippen LogP contribution in [0.3, 0.4) is 0 Å². The summed E-state index contributed by atoms with van der Waals surface area (Å²) in [4.78, 5) is 11.7. The second kappa shape index (κ2) is 7.10. The number of rotatable bonds is 7. The SMILES string of the molecule is CCCC(C)(O)CNC(=O)CC(N)CC(C)(C)C. The zero-order valence-corrected chi connectivity index (χ0v) is 12.5. The molecule has 108 valence electrons. The van der Waals surface area contributed by atoms with Gasteiger partial charge in [-0.1, -0.05) is 34.1 Å². The topological polar surface area (TPSA) is 75.3 Å². The van der Waals surface area contributed by atoms with Crippen molar-refractivity contribution in [2.75, 3.05) is 6.54 Å². The van der Waals surface area contributed by atoms with E-state index in [1.165, 1.54) is 0 Å². The molecular formula is C14H30N2O2. The van der Waals surface area contributed by atoms with Crippen molar-refractivity contribution in [3.8, 4) is 0 Å². The Hall–Kier alpha value is -0.610.